The van der Waals surface area contributed by atoms with Crippen LogP contribution in [0.3, 0.4) is 0 Å². The minimum Gasteiger partial charge on any atom is -0.507 e. The average molecular weight is 280 g/mol. The lowest BCUT2D eigenvalue weighted by Crippen LogP contribution is -2.36. The third-order valence-electron chi connectivity index (χ3n) is 3.55. The van der Waals surface area contributed by atoms with Crippen molar-refractivity contribution in [2.24, 2.45) is 0 Å². The molecule has 0 fully saturated rings. The van der Waals surface area contributed by atoms with Crippen LogP contribution in [-0.2, 0) is 4.74 Å². The molecule has 0 amide bonds. The van der Waals surface area contributed by atoms with E-state index in [1.807, 2.05) is 40.0 Å². The molecule has 1 N–H and O–H groups in total. The van der Waals surface area contributed by atoms with Gasteiger partial charge in [-0.1, -0.05) is 24.3 Å². The molecule has 21 heavy (non-hydrogen) atoms. The molecule has 0 aromatic heterocycles. The van der Waals surface area contributed by atoms with Crippen LogP contribution in [0.1, 0.15) is 15.9 Å². The van der Waals surface area contributed by atoms with Gasteiger partial charge in [-0.05, 0) is 17.5 Å². The van der Waals surface area contributed by atoms with Crippen molar-refractivity contribution in [1.82, 2.24) is 0 Å². The van der Waals surface area contributed by atoms with Crippen molar-refractivity contribution in [1.29, 1.82) is 0 Å². The first-order chi connectivity index (χ1) is 9.91. The lowest BCUT2D eigenvalue weighted by atomic mass is 9.64. The standard InChI is InChI=1S/C15H14B2O4/c1-20-14(19)11-6-9-3-2-8-4-5-15(16,17)21-13(8)10(9)7-12(11)18/h2-7,18H,16-17H2,1H3. The van der Waals surface area contributed by atoms with E-state index >= 15 is 0 Å². The van der Waals surface area contributed by atoms with Gasteiger partial charge in [0.2, 0.25) is 0 Å². The van der Waals surface area contributed by atoms with Crippen LogP contribution in [0.2, 0.25) is 0 Å². The van der Waals surface area contributed by atoms with Gasteiger partial charge >= 0.3 is 5.97 Å². The van der Waals surface area contributed by atoms with Gasteiger partial charge in [0.15, 0.2) is 15.7 Å². The number of phenolic OH excluding ortho intramolecular Hbond substituents is 1. The zero-order chi connectivity index (χ0) is 15.2. The van der Waals surface area contributed by atoms with E-state index < -0.39 is 11.4 Å². The van der Waals surface area contributed by atoms with E-state index in [0.29, 0.717) is 5.75 Å². The van der Waals surface area contributed by atoms with Crippen LogP contribution in [0, 0.1) is 0 Å². The van der Waals surface area contributed by atoms with Gasteiger partial charge in [0.05, 0.1) is 12.5 Å². The van der Waals surface area contributed by atoms with E-state index in [1.54, 1.807) is 12.1 Å². The van der Waals surface area contributed by atoms with E-state index in [4.69, 9.17) is 4.74 Å². The minimum atomic E-state index is -0.562. The smallest absolute Gasteiger partial charge is 0.341 e. The molecule has 2 aromatic rings. The van der Waals surface area contributed by atoms with E-state index in [2.05, 4.69) is 4.74 Å². The number of rotatable bonds is 1. The summed E-state index contributed by atoms with van der Waals surface area (Å²) in [7, 11) is 5.22. The summed E-state index contributed by atoms with van der Waals surface area (Å²) in [6, 6.07) is 6.99. The molecule has 104 valence electrons. The van der Waals surface area contributed by atoms with Crippen molar-refractivity contribution in [3.8, 4) is 11.5 Å². The fourth-order valence-electron chi connectivity index (χ4n) is 2.46. The molecule has 0 atom stereocenters. The molecular formula is C15H14B2O4. The largest absolute Gasteiger partial charge is 0.507 e. The highest BCUT2D eigenvalue weighted by Gasteiger charge is 2.24. The number of fused-ring (bicyclic) bond motifs is 3. The van der Waals surface area contributed by atoms with Crippen LogP contribution in [0.5, 0.6) is 11.5 Å². The van der Waals surface area contributed by atoms with Gasteiger partial charge in [-0.3, -0.25) is 0 Å². The summed E-state index contributed by atoms with van der Waals surface area (Å²) in [5.41, 5.74) is 1.10. The molecule has 6 heteroatoms. The third kappa shape index (κ3) is 2.27. The number of ether oxygens (including phenoxy) is 2. The monoisotopic (exact) mass is 280 g/mol. The molecule has 0 aliphatic carbocycles. The van der Waals surface area contributed by atoms with Crippen molar-refractivity contribution in [2.45, 2.75) is 5.40 Å². The van der Waals surface area contributed by atoms with E-state index in [1.165, 1.54) is 7.11 Å². The Balaban J connectivity index is 2.25. The molecule has 2 aromatic carbocycles. The number of phenols is 1. The quantitative estimate of drug-likeness (QED) is 0.615. The zero-order valence-corrected chi connectivity index (χ0v) is 12.1. The van der Waals surface area contributed by atoms with Crippen molar-refractivity contribution in [3.63, 3.8) is 0 Å². The second-order valence-electron chi connectivity index (χ2n) is 5.60. The van der Waals surface area contributed by atoms with Crippen LogP contribution in [0.25, 0.3) is 16.8 Å². The first-order valence-corrected chi connectivity index (χ1v) is 6.67. The number of carbonyl (C=O) groups is 1. The van der Waals surface area contributed by atoms with Gasteiger partial charge in [0.25, 0.3) is 0 Å². The van der Waals surface area contributed by atoms with Crippen LogP contribution in [0.4, 0.5) is 0 Å². The average Bonchev–Trinajstić information content (AvgIpc) is 2.45. The maximum Gasteiger partial charge on any atom is 0.341 e. The molecule has 1 aliphatic heterocycles. The molecule has 1 heterocycles. The summed E-state index contributed by atoms with van der Waals surface area (Å²) in [6.45, 7) is 0. The fourth-order valence-corrected chi connectivity index (χ4v) is 2.46. The molecule has 0 spiro atoms. The highest BCUT2D eigenvalue weighted by molar-refractivity contribution is 6.41. The van der Waals surface area contributed by atoms with Crippen LogP contribution in [0.15, 0.2) is 30.3 Å². The number of carbonyl (C=O) groups excluding carboxylic acids is 1. The zero-order valence-electron chi connectivity index (χ0n) is 12.1. The molecule has 0 radical (unpaired) electrons. The number of benzene rings is 2. The third-order valence-corrected chi connectivity index (χ3v) is 3.55. The Hall–Kier alpha value is -2.36. The lowest BCUT2D eigenvalue weighted by Gasteiger charge is -2.29. The lowest BCUT2D eigenvalue weighted by molar-refractivity contribution is 0.0597. The van der Waals surface area contributed by atoms with Gasteiger partial charge in [-0.2, -0.15) is 0 Å². The van der Waals surface area contributed by atoms with E-state index in [9.17, 15) is 9.90 Å². The van der Waals surface area contributed by atoms with Crippen molar-refractivity contribution in [2.75, 3.05) is 7.11 Å². The maximum absolute atomic E-state index is 11.6. The summed E-state index contributed by atoms with van der Waals surface area (Å²) < 4.78 is 10.7. The summed E-state index contributed by atoms with van der Waals surface area (Å²) >= 11 is 0. The summed E-state index contributed by atoms with van der Waals surface area (Å²) in [4.78, 5) is 11.6. The molecular weight excluding hydrogens is 266 g/mol. The van der Waals surface area contributed by atoms with Gasteiger partial charge < -0.3 is 14.6 Å². The Kier molecular flexibility index (Phi) is 2.97. The first kappa shape index (κ1) is 13.6. The van der Waals surface area contributed by atoms with Gasteiger partial charge in [-0.25, -0.2) is 4.79 Å². The predicted octanol–water partition coefficient (Wildman–Crippen LogP) is 0.658. The molecule has 0 bridgehead atoms. The summed E-state index contributed by atoms with van der Waals surface area (Å²) in [6.07, 6.45) is 3.99. The van der Waals surface area contributed by atoms with Crippen molar-refractivity contribution in [3.05, 3.63) is 41.5 Å². The normalized spacial score (nSPS) is 15.3. The summed E-state index contributed by atoms with van der Waals surface area (Å²) in [5, 5.41) is 11.3. The Labute approximate surface area is 124 Å². The summed E-state index contributed by atoms with van der Waals surface area (Å²) in [5.74, 6) is 0.0405. The van der Waals surface area contributed by atoms with Gasteiger partial charge in [-0.15, -0.1) is 0 Å². The molecule has 0 saturated heterocycles. The Morgan fingerprint density at radius 2 is 2.10 bits per heavy atom. The highest BCUT2D eigenvalue weighted by Crippen LogP contribution is 2.38. The molecule has 1 aliphatic rings. The van der Waals surface area contributed by atoms with Crippen LogP contribution in [-0.4, -0.2) is 39.3 Å². The SMILES string of the molecule is BC1(B)C=Cc2ccc3cc(C(=O)OC)c(O)cc3c2O1. The van der Waals surface area contributed by atoms with Gasteiger partial charge in [0.1, 0.15) is 17.1 Å². The fraction of sp³-hybridized carbons (Fsp3) is 0.133. The number of hydrogen-bond acceptors (Lipinski definition) is 4. The second kappa shape index (κ2) is 4.58. The van der Waals surface area contributed by atoms with Crippen LogP contribution < -0.4 is 4.74 Å². The second-order valence-corrected chi connectivity index (χ2v) is 5.60. The van der Waals surface area contributed by atoms with E-state index in [0.717, 1.165) is 16.3 Å². The maximum atomic E-state index is 11.6. The minimum absolute atomic E-state index is 0.112. The van der Waals surface area contributed by atoms with Crippen LogP contribution >= 0.6 is 0 Å². The molecule has 3 rings (SSSR count). The first-order valence-electron chi connectivity index (χ1n) is 6.67. The number of hydrogen-bond donors (Lipinski definition) is 1. The van der Waals surface area contributed by atoms with Crippen molar-refractivity contribution < 1.29 is 19.4 Å². The molecule has 0 unspecified atom stereocenters. The highest BCUT2D eigenvalue weighted by atomic mass is 16.5. The molecule has 4 nitrogen and oxygen atoms in total. The number of aromatic hydroxyl groups is 1. The predicted molar refractivity (Wildman–Crippen MR) is 86.4 cm³/mol. The van der Waals surface area contributed by atoms with Crippen molar-refractivity contribution >= 4 is 38.5 Å². The molecule has 0 saturated carbocycles. The topological polar surface area (TPSA) is 55.8 Å². The number of esters is 1. The Morgan fingerprint density at radius 1 is 1.33 bits per heavy atom. The van der Waals surface area contributed by atoms with Gasteiger partial charge in [0, 0.05) is 10.9 Å². The van der Waals surface area contributed by atoms with E-state index in [-0.39, 0.29) is 11.3 Å². The Morgan fingerprint density at radius 3 is 2.81 bits per heavy atom. The number of methoxy groups -OCH3 is 1. The Bertz CT molecular complexity index is 781.